The minimum atomic E-state index is 0.908. The fourth-order valence-electron chi connectivity index (χ4n) is 1.01. The molecule has 0 N–H and O–H groups in total. The van der Waals surface area contributed by atoms with Gasteiger partial charge in [0, 0.05) is 12.1 Å². The first-order valence-corrected chi connectivity index (χ1v) is 5.66. The van der Waals surface area contributed by atoms with Crippen molar-refractivity contribution in [1.29, 1.82) is 0 Å². The third-order valence-electron chi connectivity index (χ3n) is 1.63. The molecule has 0 saturated carbocycles. The lowest BCUT2D eigenvalue weighted by Crippen LogP contribution is -1.95. The molecule has 13 heavy (non-hydrogen) atoms. The van der Waals surface area contributed by atoms with E-state index in [1.165, 1.54) is 5.56 Å². The Morgan fingerprint density at radius 3 is 3.00 bits per heavy atom. The molecule has 0 aliphatic heterocycles. The summed E-state index contributed by atoms with van der Waals surface area (Å²) in [6.07, 6.45) is 3.15. The topological polar surface area (TPSA) is 12.4 Å². The lowest BCUT2D eigenvalue weighted by atomic mass is 10.2. The van der Waals surface area contributed by atoms with Crippen LogP contribution in [0.2, 0.25) is 0 Å². The summed E-state index contributed by atoms with van der Waals surface area (Å²) in [5, 5.41) is 1.11. The van der Waals surface area contributed by atoms with E-state index in [4.69, 9.17) is 0 Å². The number of hydrogen-bond acceptors (Lipinski definition) is 2. The smallest absolute Gasteiger partial charge is 0.0974 e. The maximum atomic E-state index is 4.49. The minimum Gasteiger partial charge on any atom is -0.278 e. The molecule has 0 amide bonds. The summed E-state index contributed by atoms with van der Waals surface area (Å²) in [5.74, 6) is 0. The van der Waals surface area contributed by atoms with E-state index in [9.17, 15) is 0 Å². The fraction of sp³-hybridized carbons (Fsp3) is 0.364. The molecule has 0 bridgehead atoms. The number of aliphatic imine (C=N–C) groups is 1. The molecule has 1 aromatic rings. The van der Waals surface area contributed by atoms with Crippen molar-refractivity contribution in [3.8, 4) is 0 Å². The van der Waals surface area contributed by atoms with Crippen LogP contribution in [0.3, 0.4) is 0 Å². The average molecular weight is 192 g/mol. The largest absolute Gasteiger partial charge is 0.278 e. The van der Waals surface area contributed by atoms with Gasteiger partial charge < -0.3 is 0 Å². The van der Waals surface area contributed by atoms with Crippen molar-refractivity contribution in [2.24, 2.45) is 4.99 Å². The molecule has 0 atom stereocenters. The molecule has 0 saturated heterocycles. The van der Waals surface area contributed by atoms with E-state index in [1.807, 2.05) is 18.2 Å². The third-order valence-corrected chi connectivity index (χ3v) is 2.38. The van der Waals surface area contributed by atoms with Gasteiger partial charge >= 0.3 is 0 Å². The first kappa shape index (κ1) is 10.3. The second kappa shape index (κ2) is 5.81. The Bertz CT molecular complexity index is 267. The molecule has 2 heteroatoms. The summed E-state index contributed by atoms with van der Waals surface area (Å²) in [6, 6.07) is 11.0. The van der Waals surface area contributed by atoms with Crippen molar-refractivity contribution in [3.05, 3.63) is 35.9 Å². The molecule has 69 valence electrons. The van der Waals surface area contributed by atoms with Crippen LogP contribution in [0.5, 0.6) is 0 Å². The van der Waals surface area contributed by atoms with Crippen LogP contribution >= 0.6 is 11.8 Å². The van der Waals surface area contributed by atoms with Crippen LogP contribution in [0.15, 0.2) is 29.3 Å². The summed E-state index contributed by atoms with van der Waals surface area (Å²) in [5.41, 5.74) is 1.17. The molecule has 1 radical (unpaired) electrons. The Morgan fingerprint density at radius 1 is 1.62 bits per heavy atom. The Labute approximate surface area is 84.3 Å². The zero-order chi connectivity index (χ0) is 9.52. The van der Waals surface area contributed by atoms with Crippen LogP contribution in [0.4, 0.5) is 0 Å². The second-order valence-electron chi connectivity index (χ2n) is 2.68. The van der Waals surface area contributed by atoms with Gasteiger partial charge in [-0.25, -0.2) is 0 Å². The monoisotopic (exact) mass is 192 g/mol. The van der Waals surface area contributed by atoms with Crippen LogP contribution in [0, 0.1) is 6.07 Å². The first-order valence-electron chi connectivity index (χ1n) is 4.43. The van der Waals surface area contributed by atoms with Crippen molar-refractivity contribution < 1.29 is 0 Å². The van der Waals surface area contributed by atoms with Crippen molar-refractivity contribution in [1.82, 2.24) is 0 Å². The molecule has 0 spiro atoms. The molecule has 1 aromatic carbocycles. The molecule has 0 heterocycles. The Kier molecular flexibility index (Phi) is 4.61. The first-order chi connectivity index (χ1) is 6.38. The van der Waals surface area contributed by atoms with Gasteiger partial charge in [-0.15, -0.1) is 11.8 Å². The van der Waals surface area contributed by atoms with Gasteiger partial charge in [-0.1, -0.05) is 25.1 Å². The molecule has 1 nitrogen and oxygen atoms in total. The highest BCUT2D eigenvalue weighted by molar-refractivity contribution is 8.13. The van der Waals surface area contributed by atoms with E-state index < -0.39 is 0 Å². The minimum absolute atomic E-state index is 0.908. The lowest BCUT2D eigenvalue weighted by molar-refractivity contribution is 0.936. The van der Waals surface area contributed by atoms with E-state index in [-0.39, 0.29) is 0 Å². The molecule has 0 aliphatic rings. The van der Waals surface area contributed by atoms with Crippen LogP contribution in [-0.4, -0.2) is 17.8 Å². The third kappa shape index (κ3) is 3.23. The summed E-state index contributed by atoms with van der Waals surface area (Å²) < 4.78 is 0. The lowest BCUT2D eigenvalue weighted by Gasteiger charge is -2.01. The predicted octanol–water partition coefficient (Wildman–Crippen LogP) is 3.01. The summed E-state index contributed by atoms with van der Waals surface area (Å²) in [7, 11) is 0. The maximum Gasteiger partial charge on any atom is 0.0974 e. The molecule has 0 aromatic heterocycles. The normalized spacial score (nSPS) is 11.7. The summed E-state index contributed by atoms with van der Waals surface area (Å²) in [6.45, 7) is 3.05. The maximum absolute atomic E-state index is 4.49. The highest BCUT2D eigenvalue weighted by atomic mass is 32.2. The van der Waals surface area contributed by atoms with Crippen molar-refractivity contribution in [2.45, 2.75) is 13.3 Å². The number of hydrogen-bond donors (Lipinski definition) is 0. The molecular weight excluding hydrogens is 178 g/mol. The number of benzene rings is 1. The van der Waals surface area contributed by atoms with Gasteiger partial charge in [-0.2, -0.15) is 0 Å². The molecule has 0 unspecified atom stereocenters. The fourth-order valence-corrected chi connectivity index (χ4v) is 1.60. The molecular formula is C11H14NS. The van der Waals surface area contributed by atoms with Gasteiger partial charge in [0.2, 0.25) is 0 Å². The van der Waals surface area contributed by atoms with Crippen molar-refractivity contribution >= 4 is 16.8 Å². The molecule has 1 rings (SSSR count). The quantitative estimate of drug-likeness (QED) is 0.529. The zero-order valence-corrected chi connectivity index (χ0v) is 8.90. The highest BCUT2D eigenvalue weighted by Gasteiger charge is 1.98. The SMILES string of the molecule is CCC/N=C(\SC)c1c[c]ccc1. The number of thioether (sulfide) groups is 1. The Balaban J connectivity index is 2.78. The number of rotatable bonds is 3. The highest BCUT2D eigenvalue weighted by Crippen LogP contribution is 2.10. The van der Waals surface area contributed by atoms with Crippen molar-refractivity contribution in [3.63, 3.8) is 0 Å². The van der Waals surface area contributed by atoms with E-state index in [0.717, 1.165) is 18.0 Å². The predicted molar refractivity (Wildman–Crippen MR) is 60.5 cm³/mol. The Morgan fingerprint density at radius 2 is 2.46 bits per heavy atom. The summed E-state index contributed by atoms with van der Waals surface area (Å²) in [4.78, 5) is 4.49. The van der Waals surface area contributed by atoms with Gasteiger partial charge in [0.1, 0.15) is 0 Å². The second-order valence-corrected chi connectivity index (χ2v) is 3.48. The van der Waals surface area contributed by atoms with Gasteiger partial charge in [0.25, 0.3) is 0 Å². The van der Waals surface area contributed by atoms with Crippen LogP contribution in [0.25, 0.3) is 0 Å². The average Bonchev–Trinajstić information content (AvgIpc) is 2.21. The summed E-state index contributed by atoms with van der Waals surface area (Å²) >= 11 is 1.69. The van der Waals surface area contributed by atoms with Crippen LogP contribution in [0.1, 0.15) is 18.9 Å². The molecule has 0 aliphatic carbocycles. The van der Waals surface area contributed by atoms with E-state index in [0.29, 0.717) is 0 Å². The van der Waals surface area contributed by atoms with Gasteiger partial charge in [-0.3, -0.25) is 4.99 Å². The van der Waals surface area contributed by atoms with Gasteiger partial charge in [-0.05, 0) is 24.8 Å². The van der Waals surface area contributed by atoms with Gasteiger partial charge in [0.05, 0.1) is 5.04 Å². The van der Waals surface area contributed by atoms with Crippen molar-refractivity contribution in [2.75, 3.05) is 12.8 Å². The van der Waals surface area contributed by atoms with Crippen LogP contribution < -0.4 is 0 Å². The van der Waals surface area contributed by atoms with E-state index in [1.54, 1.807) is 11.8 Å². The molecule has 0 fully saturated rings. The van der Waals surface area contributed by atoms with E-state index >= 15 is 0 Å². The zero-order valence-electron chi connectivity index (χ0n) is 8.08. The van der Waals surface area contributed by atoms with Crippen LogP contribution in [-0.2, 0) is 0 Å². The van der Waals surface area contributed by atoms with Gasteiger partial charge in [0.15, 0.2) is 0 Å². The van der Waals surface area contributed by atoms with E-state index in [2.05, 4.69) is 30.3 Å². The Hall–Kier alpha value is -0.760. The number of nitrogens with zero attached hydrogens (tertiary/aromatic N) is 1. The standard InChI is InChI=1S/C11H14NS/c1-3-9-12-11(13-2)10-7-5-4-6-8-10/h4-5,7-8H,3,9H2,1-2H3/b12-11-.